The molecular weight excluding hydrogens is 454 g/mol. The number of benzene rings is 1. The van der Waals surface area contributed by atoms with Crippen molar-refractivity contribution in [3.63, 3.8) is 0 Å². The van der Waals surface area contributed by atoms with Crippen LogP contribution in [0.25, 0.3) is 5.69 Å². The van der Waals surface area contributed by atoms with E-state index in [9.17, 15) is 4.79 Å². The largest absolute Gasteiger partial charge is 0.378 e. The van der Waals surface area contributed by atoms with Crippen LogP contribution in [-0.4, -0.2) is 64.7 Å². The first-order valence-electron chi connectivity index (χ1n) is 9.97. The van der Waals surface area contributed by atoms with Crippen molar-refractivity contribution in [3.8, 4) is 5.69 Å². The zero-order valence-electron chi connectivity index (χ0n) is 17.5. The molecule has 0 bridgehead atoms. The highest BCUT2D eigenvalue weighted by atomic mass is 35.5. The lowest BCUT2D eigenvalue weighted by Crippen LogP contribution is -2.37. The van der Waals surface area contributed by atoms with Crippen LogP contribution in [0.15, 0.2) is 41.6 Å². The van der Waals surface area contributed by atoms with Gasteiger partial charge in [-0.1, -0.05) is 35.5 Å². The lowest BCUT2D eigenvalue weighted by molar-refractivity contribution is -0.127. The smallest absolute Gasteiger partial charge is 0.233 e. The molecule has 1 aliphatic rings. The maximum atomic E-state index is 12.7. The molecular formula is C21H24ClN5O2S2. The molecule has 164 valence electrons. The first-order valence-corrected chi connectivity index (χ1v) is 12.2. The maximum Gasteiger partial charge on any atom is 0.233 e. The van der Waals surface area contributed by atoms with E-state index in [0.29, 0.717) is 24.9 Å². The predicted molar refractivity (Wildman–Crippen MR) is 126 cm³/mol. The molecule has 1 aromatic carbocycles. The van der Waals surface area contributed by atoms with Gasteiger partial charge in [0.1, 0.15) is 0 Å². The molecule has 1 amide bonds. The number of anilines is 1. The Kier molecular flexibility index (Phi) is 7.16. The fraction of sp³-hybridized carbons (Fsp3) is 0.381. The van der Waals surface area contributed by atoms with Gasteiger partial charge in [0.05, 0.1) is 35.5 Å². The summed E-state index contributed by atoms with van der Waals surface area (Å²) in [5, 5.41) is 9.59. The van der Waals surface area contributed by atoms with Crippen molar-refractivity contribution in [2.24, 2.45) is 0 Å². The topological polar surface area (TPSA) is 63.5 Å². The number of thioether (sulfide) groups is 1. The summed E-state index contributed by atoms with van der Waals surface area (Å²) in [6.45, 7) is 5.46. The van der Waals surface area contributed by atoms with E-state index < -0.39 is 0 Å². The van der Waals surface area contributed by atoms with Crippen LogP contribution in [0.5, 0.6) is 0 Å². The number of nitrogens with zero attached hydrogens (tertiary/aromatic N) is 5. The van der Waals surface area contributed by atoms with Gasteiger partial charge in [-0.3, -0.25) is 9.36 Å². The Morgan fingerprint density at radius 2 is 2.06 bits per heavy atom. The molecule has 1 fully saturated rings. The number of aryl methyl sites for hydroxylation is 1. The highest BCUT2D eigenvalue weighted by Crippen LogP contribution is 2.28. The quantitative estimate of drug-likeness (QED) is 0.481. The van der Waals surface area contributed by atoms with Crippen LogP contribution in [0.3, 0.4) is 0 Å². The molecule has 3 heterocycles. The second kappa shape index (κ2) is 10.0. The maximum absolute atomic E-state index is 12.7. The van der Waals surface area contributed by atoms with Crippen LogP contribution in [0.4, 0.5) is 5.95 Å². The van der Waals surface area contributed by atoms with Crippen molar-refractivity contribution < 1.29 is 9.53 Å². The Bertz CT molecular complexity index is 1050. The summed E-state index contributed by atoms with van der Waals surface area (Å²) in [7, 11) is 1.81. The number of carbonyl (C=O) groups is 1. The van der Waals surface area contributed by atoms with Crippen molar-refractivity contribution in [1.29, 1.82) is 0 Å². The fourth-order valence-electron chi connectivity index (χ4n) is 3.31. The van der Waals surface area contributed by atoms with E-state index in [1.54, 1.807) is 11.9 Å². The van der Waals surface area contributed by atoms with E-state index in [4.69, 9.17) is 16.3 Å². The van der Waals surface area contributed by atoms with Gasteiger partial charge >= 0.3 is 0 Å². The summed E-state index contributed by atoms with van der Waals surface area (Å²) >= 11 is 8.89. The van der Waals surface area contributed by atoms with Crippen molar-refractivity contribution in [3.05, 3.63) is 51.2 Å². The summed E-state index contributed by atoms with van der Waals surface area (Å²) in [4.78, 5) is 17.7. The molecule has 0 aliphatic carbocycles. The van der Waals surface area contributed by atoms with Gasteiger partial charge in [-0.15, -0.1) is 21.5 Å². The van der Waals surface area contributed by atoms with E-state index in [1.165, 1.54) is 23.1 Å². The van der Waals surface area contributed by atoms with E-state index in [-0.39, 0.29) is 11.7 Å². The molecule has 0 radical (unpaired) electrons. The molecule has 2 aromatic heterocycles. The highest BCUT2D eigenvalue weighted by molar-refractivity contribution is 7.99. The van der Waals surface area contributed by atoms with Gasteiger partial charge in [-0.2, -0.15) is 0 Å². The third-order valence-corrected chi connectivity index (χ3v) is 7.07. The Labute approximate surface area is 195 Å². The van der Waals surface area contributed by atoms with Gasteiger partial charge in [0.15, 0.2) is 5.16 Å². The van der Waals surface area contributed by atoms with Gasteiger partial charge < -0.3 is 14.5 Å². The minimum atomic E-state index is 0.0289. The van der Waals surface area contributed by atoms with Gasteiger partial charge in [0.25, 0.3) is 0 Å². The monoisotopic (exact) mass is 477 g/mol. The second-order valence-corrected chi connectivity index (χ2v) is 10.0. The Morgan fingerprint density at radius 1 is 1.26 bits per heavy atom. The lowest BCUT2D eigenvalue weighted by Gasteiger charge is -2.28. The average molecular weight is 478 g/mol. The normalized spacial score (nSPS) is 14.1. The number of carbonyl (C=O) groups excluding carboxylic acids is 1. The average Bonchev–Trinajstić information content (AvgIpc) is 3.38. The van der Waals surface area contributed by atoms with E-state index in [1.807, 2.05) is 28.8 Å². The molecule has 0 unspecified atom stereocenters. The summed E-state index contributed by atoms with van der Waals surface area (Å²) in [5.41, 5.74) is 2.14. The SMILES string of the molecule is Cc1cccc(-n2c(SCC(=O)N(C)Cc3ccc(Cl)s3)nnc2N2CCOCC2)c1. The molecule has 4 rings (SSSR count). The van der Waals surface area contributed by atoms with E-state index in [0.717, 1.165) is 39.5 Å². The first kappa shape index (κ1) is 22.1. The van der Waals surface area contributed by atoms with Crippen molar-refractivity contribution >= 4 is 46.6 Å². The molecule has 31 heavy (non-hydrogen) atoms. The van der Waals surface area contributed by atoms with Crippen molar-refractivity contribution in [2.75, 3.05) is 44.0 Å². The molecule has 0 spiro atoms. The number of hydrogen-bond donors (Lipinski definition) is 0. The Morgan fingerprint density at radius 3 is 2.77 bits per heavy atom. The van der Waals surface area contributed by atoms with Crippen LogP contribution in [0.1, 0.15) is 10.4 Å². The molecule has 0 N–H and O–H groups in total. The van der Waals surface area contributed by atoms with Crippen LogP contribution in [-0.2, 0) is 16.1 Å². The van der Waals surface area contributed by atoms with Crippen LogP contribution < -0.4 is 4.90 Å². The van der Waals surface area contributed by atoms with E-state index in [2.05, 4.69) is 34.2 Å². The standard InChI is InChI=1S/C21H24ClN5O2S2/c1-15-4-3-5-16(12-15)27-20(26-8-10-29-11-9-26)23-24-21(27)30-14-19(28)25(2)13-17-6-7-18(22)31-17/h3-7,12H,8-11,13-14H2,1-2H3. The summed E-state index contributed by atoms with van der Waals surface area (Å²) in [5.74, 6) is 1.09. The van der Waals surface area contributed by atoms with Crippen molar-refractivity contribution in [1.82, 2.24) is 19.7 Å². The number of halogens is 1. The Hall–Kier alpha value is -2.07. The van der Waals surface area contributed by atoms with Gasteiger partial charge in [0.2, 0.25) is 11.9 Å². The molecule has 3 aromatic rings. The predicted octanol–water partition coefficient (Wildman–Crippen LogP) is 3.88. The zero-order valence-corrected chi connectivity index (χ0v) is 19.8. The number of hydrogen-bond acceptors (Lipinski definition) is 7. The molecule has 7 nitrogen and oxygen atoms in total. The molecule has 0 saturated carbocycles. The summed E-state index contributed by atoms with van der Waals surface area (Å²) in [6.07, 6.45) is 0. The van der Waals surface area contributed by atoms with Crippen LogP contribution in [0.2, 0.25) is 4.34 Å². The fourth-order valence-corrected chi connectivity index (χ4v) is 5.34. The molecule has 0 atom stereocenters. The summed E-state index contributed by atoms with van der Waals surface area (Å²) < 4.78 is 8.25. The summed E-state index contributed by atoms with van der Waals surface area (Å²) in [6, 6.07) is 12.0. The third kappa shape index (κ3) is 5.41. The number of ether oxygens (including phenoxy) is 1. The van der Waals surface area contributed by atoms with Gasteiger partial charge in [-0.05, 0) is 36.8 Å². The van der Waals surface area contributed by atoms with Crippen LogP contribution >= 0.6 is 34.7 Å². The highest BCUT2D eigenvalue weighted by Gasteiger charge is 2.23. The third-order valence-electron chi connectivity index (χ3n) is 4.94. The number of aromatic nitrogens is 3. The first-order chi connectivity index (χ1) is 15.0. The van der Waals surface area contributed by atoms with E-state index >= 15 is 0 Å². The van der Waals surface area contributed by atoms with Crippen LogP contribution in [0, 0.1) is 6.92 Å². The van der Waals surface area contributed by atoms with Gasteiger partial charge in [-0.25, -0.2) is 0 Å². The minimum absolute atomic E-state index is 0.0289. The van der Waals surface area contributed by atoms with Crippen molar-refractivity contribution in [2.45, 2.75) is 18.6 Å². The minimum Gasteiger partial charge on any atom is -0.378 e. The Balaban J connectivity index is 1.52. The molecule has 1 saturated heterocycles. The second-order valence-electron chi connectivity index (χ2n) is 7.30. The zero-order chi connectivity index (χ0) is 21.8. The molecule has 1 aliphatic heterocycles. The number of morpholine rings is 1. The number of thiophene rings is 1. The number of rotatable bonds is 7. The number of amides is 1. The lowest BCUT2D eigenvalue weighted by atomic mass is 10.2. The van der Waals surface area contributed by atoms with Gasteiger partial charge in [0, 0.05) is 25.0 Å². The molecule has 10 heteroatoms.